The molecular formula is C12H25N3. The molecule has 0 aromatic carbocycles. The van der Waals surface area contributed by atoms with Crippen LogP contribution in [0.5, 0.6) is 0 Å². The minimum absolute atomic E-state index is 0.215. The van der Waals surface area contributed by atoms with Gasteiger partial charge in [-0.1, -0.05) is 13.8 Å². The van der Waals surface area contributed by atoms with E-state index in [0.29, 0.717) is 5.92 Å². The molecule has 0 amide bonds. The van der Waals surface area contributed by atoms with Crippen molar-refractivity contribution >= 4 is 0 Å². The lowest BCUT2D eigenvalue weighted by Crippen LogP contribution is -2.54. The first-order valence-corrected chi connectivity index (χ1v) is 6.34. The standard InChI is InChI=1S/C12H25N3/c1-10(2)7-14-12(8-13)5-6-15(9-12)11-3-4-11/h10-11,14H,3-9,13H2,1-2H3. The molecule has 0 bridgehead atoms. The van der Waals surface area contributed by atoms with Gasteiger partial charge in [0.2, 0.25) is 0 Å². The van der Waals surface area contributed by atoms with Gasteiger partial charge in [-0.15, -0.1) is 0 Å². The van der Waals surface area contributed by atoms with Gasteiger partial charge in [0, 0.05) is 31.2 Å². The van der Waals surface area contributed by atoms with E-state index in [2.05, 4.69) is 24.1 Å². The van der Waals surface area contributed by atoms with Crippen LogP contribution in [-0.4, -0.2) is 42.7 Å². The summed E-state index contributed by atoms with van der Waals surface area (Å²) >= 11 is 0. The van der Waals surface area contributed by atoms with Gasteiger partial charge in [-0.3, -0.25) is 4.90 Å². The lowest BCUT2D eigenvalue weighted by atomic mass is 9.98. The van der Waals surface area contributed by atoms with Crippen molar-refractivity contribution in [2.24, 2.45) is 11.7 Å². The molecule has 0 aromatic rings. The fourth-order valence-corrected chi connectivity index (χ4v) is 2.46. The molecule has 2 rings (SSSR count). The summed E-state index contributed by atoms with van der Waals surface area (Å²) < 4.78 is 0. The summed E-state index contributed by atoms with van der Waals surface area (Å²) in [4.78, 5) is 2.63. The van der Waals surface area contributed by atoms with Gasteiger partial charge in [-0.05, 0) is 31.7 Å². The molecule has 2 fully saturated rings. The Labute approximate surface area is 93.4 Å². The SMILES string of the molecule is CC(C)CNC1(CN)CCN(C2CC2)C1. The molecule has 0 radical (unpaired) electrons. The molecule has 3 nitrogen and oxygen atoms in total. The molecule has 1 unspecified atom stereocenters. The van der Waals surface area contributed by atoms with E-state index in [1.807, 2.05) is 0 Å². The largest absolute Gasteiger partial charge is 0.329 e. The van der Waals surface area contributed by atoms with E-state index in [1.54, 1.807) is 0 Å². The van der Waals surface area contributed by atoms with Crippen molar-refractivity contribution in [2.45, 2.75) is 44.7 Å². The maximum Gasteiger partial charge on any atom is 0.0445 e. The summed E-state index contributed by atoms with van der Waals surface area (Å²) in [5.74, 6) is 0.711. The van der Waals surface area contributed by atoms with Crippen LogP contribution in [0.25, 0.3) is 0 Å². The van der Waals surface area contributed by atoms with E-state index in [9.17, 15) is 0 Å². The zero-order valence-electron chi connectivity index (χ0n) is 10.1. The van der Waals surface area contributed by atoms with Gasteiger partial charge in [0.25, 0.3) is 0 Å². The van der Waals surface area contributed by atoms with Crippen LogP contribution in [0.3, 0.4) is 0 Å². The monoisotopic (exact) mass is 211 g/mol. The number of hydrogen-bond acceptors (Lipinski definition) is 3. The predicted molar refractivity (Wildman–Crippen MR) is 63.8 cm³/mol. The van der Waals surface area contributed by atoms with Crippen molar-refractivity contribution in [2.75, 3.05) is 26.2 Å². The third kappa shape index (κ3) is 2.71. The van der Waals surface area contributed by atoms with E-state index < -0.39 is 0 Å². The van der Waals surface area contributed by atoms with Crippen LogP contribution < -0.4 is 11.1 Å². The van der Waals surface area contributed by atoms with Gasteiger partial charge in [0.1, 0.15) is 0 Å². The van der Waals surface area contributed by atoms with Crippen molar-refractivity contribution in [1.29, 1.82) is 0 Å². The summed E-state index contributed by atoms with van der Waals surface area (Å²) in [6.07, 6.45) is 4.04. The number of likely N-dealkylation sites (tertiary alicyclic amines) is 1. The second-order valence-electron chi connectivity index (χ2n) is 5.71. The Balaban J connectivity index is 1.85. The van der Waals surface area contributed by atoms with Crippen LogP contribution in [-0.2, 0) is 0 Å². The highest BCUT2D eigenvalue weighted by Gasteiger charge is 2.41. The molecule has 15 heavy (non-hydrogen) atoms. The van der Waals surface area contributed by atoms with Gasteiger partial charge in [0.05, 0.1) is 0 Å². The second-order valence-corrected chi connectivity index (χ2v) is 5.71. The molecule has 3 N–H and O–H groups in total. The number of nitrogens with zero attached hydrogens (tertiary/aromatic N) is 1. The Morgan fingerprint density at radius 3 is 2.73 bits per heavy atom. The van der Waals surface area contributed by atoms with Gasteiger partial charge in [-0.2, -0.15) is 0 Å². The van der Waals surface area contributed by atoms with Crippen molar-refractivity contribution in [3.8, 4) is 0 Å². The van der Waals surface area contributed by atoms with Crippen molar-refractivity contribution < 1.29 is 0 Å². The fourth-order valence-electron chi connectivity index (χ4n) is 2.46. The maximum atomic E-state index is 5.95. The zero-order chi connectivity index (χ0) is 10.9. The van der Waals surface area contributed by atoms with Crippen LogP contribution in [0.2, 0.25) is 0 Å². The van der Waals surface area contributed by atoms with Gasteiger partial charge in [0.15, 0.2) is 0 Å². The number of rotatable bonds is 5. The van der Waals surface area contributed by atoms with Crippen molar-refractivity contribution in [1.82, 2.24) is 10.2 Å². The smallest absolute Gasteiger partial charge is 0.0445 e. The molecule has 1 saturated heterocycles. The van der Waals surface area contributed by atoms with Crippen LogP contribution in [0.15, 0.2) is 0 Å². The zero-order valence-corrected chi connectivity index (χ0v) is 10.1. The minimum Gasteiger partial charge on any atom is -0.329 e. The molecular weight excluding hydrogens is 186 g/mol. The van der Waals surface area contributed by atoms with Gasteiger partial charge in [-0.25, -0.2) is 0 Å². The van der Waals surface area contributed by atoms with Gasteiger partial charge < -0.3 is 11.1 Å². The van der Waals surface area contributed by atoms with E-state index >= 15 is 0 Å². The molecule has 1 aliphatic carbocycles. The maximum absolute atomic E-state index is 5.95. The Bertz CT molecular complexity index is 213. The molecule has 1 saturated carbocycles. The third-order valence-corrected chi connectivity index (χ3v) is 3.72. The van der Waals surface area contributed by atoms with Gasteiger partial charge >= 0.3 is 0 Å². The van der Waals surface area contributed by atoms with Crippen molar-refractivity contribution in [3.05, 3.63) is 0 Å². The normalized spacial score (nSPS) is 32.8. The fraction of sp³-hybridized carbons (Fsp3) is 1.00. The van der Waals surface area contributed by atoms with E-state index in [4.69, 9.17) is 5.73 Å². The van der Waals surface area contributed by atoms with Crippen LogP contribution in [0, 0.1) is 5.92 Å². The summed E-state index contributed by atoms with van der Waals surface area (Å²) in [5.41, 5.74) is 6.16. The molecule has 88 valence electrons. The number of nitrogens with two attached hydrogens (primary N) is 1. The topological polar surface area (TPSA) is 41.3 Å². The average molecular weight is 211 g/mol. The summed E-state index contributed by atoms with van der Waals surface area (Å²) in [6.45, 7) is 8.79. The summed E-state index contributed by atoms with van der Waals surface area (Å²) in [7, 11) is 0. The molecule has 0 aromatic heterocycles. The molecule has 1 atom stereocenters. The highest BCUT2D eigenvalue weighted by atomic mass is 15.3. The predicted octanol–water partition coefficient (Wildman–Crippen LogP) is 0.798. The lowest BCUT2D eigenvalue weighted by Gasteiger charge is -2.30. The first kappa shape index (κ1) is 11.4. The average Bonchev–Trinajstić information content (AvgIpc) is 2.97. The van der Waals surface area contributed by atoms with Crippen molar-refractivity contribution in [3.63, 3.8) is 0 Å². The summed E-state index contributed by atoms with van der Waals surface area (Å²) in [6, 6.07) is 0.888. The highest BCUT2D eigenvalue weighted by Crippen LogP contribution is 2.33. The molecule has 0 spiro atoms. The first-order chi connectivity index (χ1) is 7.15. The Hall–Kier alpha value is -0.120. The second kappa shape index (κ2) is 4.40. The van der Waals surface area contributed by atoms with E-state index in [0.717, 1.165) is 19.1 Å². The van der Waals surface area contributed by atoms with E-state index in [1.165, 1.54) is 32.4 Å². The molecule has 1 heterocycles. The van der Waals surface area contributed by atoms with E-state index in [-0.39, 0.29) is 5.54 Å². The van der Waals surface area contributed by atoms with Crippen LogP contribution >= 0.6 is 0 Å². The third-order valence-electron chi connectivity index (χ3n) is 3.72. The molecule has 2 aliphatic rings. The lowest BCUT2D eigenvalue weighted by molar-refractivity contribution is 0.270. The minimum atomic E-state index is 0.215. The number of nitrogens with one attached hydrogen (secondary N) is 1. The quantitative estimate of drug-likeness (QED) is 0.707. The molecule has 3 heteroatoms. The molecule has 1 aliphatic heterocycles. The summed E-state index contributed by atoms with van der Waals surface area (Å²) in [5, 5.41) is 3.69. The number of hydrogen-bond donors (Lipinski definition) is 2. The Kier molecular flexibility index (Phi) is 3.33. The first-order valence-electron chi connectivity index (χ1n) is 6.34. The van der Waals surface area contributed by atoms with Crippen LogP contribution in [0.4, 0.5) is 0 Å². The Morgan fingerprint density at radius 2 is 2.20 bits per heavy atom. The Morgan fingerprint density at radius 1 is 1.47 bits per heavy atom. The highest BCUT2D eigenvalue weighted by molar-refractivity contribution is 5.02. The van der Waals surface area contributed by atoms with Crippen LogP contribution in [0.1, 0.15) is 33.1 Å².